The number of nitrogens with one attached hydrogen (secondary N) is 2. The van der Waals surface area contributed by atoms with Gasteiger partial charge in [0, 0.05) is 37.6 Å². The van der Waals surface area contributed by atoms with Crippen LogP contribution in [0.2, 0.25) is 0 Å². The van der Waals surface area contributed by atoms with Crippen molar-refractivity contribution in [3.8, 4) is 0 Å². The highest BCUT2D eigenvalue weighted by Crippen LogP contribution is 2.51. The van der Waals surface area contributed by atoms with Crippen LogP contribution < -0.4 is 10.6 Å². The van der Waals surface area contributed by atoms with Crippen LogP contribution in [0.4, 0.5) is 0 Å². The number of hydrogen-bond acceptors (Lipinski definition) is 3. The number of aliphatic imine (C=N–C) groups is 1. The van der Waals surface area contributed by atoms with E-state index in [-0.39, 0.29) is 5.41 Å². The molecule has 110 valence electrons. The van der Waals surface area contributed by atoms with Gasteiger partial charge in [0.1, 0.15) is 0 Å². The van der Waals surface area contributed by atoms with Gasteiger partial charge in [0.15, 0.2) is 5.96 Å². The lowest BCUT2D eigenvalue weighted by molar-refractivity contribution is -0.106. The molecule has 19 heavy (non-hydrogen) atoms. The summed E-state index contributed by atoms with van der Waals surface area (Å²) in [4.78, 5) is 4.33. The van der Waals surface area contributed by atoms with Crippen LogP contribution in [0.5, 0.6) is 0 Å². The fourth-order valence-electron chi connectivity index (χ4n) is 3.38. The van der Waals surface area contributed by atoms with Gasteiger partial charge in [-0.3, -0.25) is 4.99 Å². The summed E-state index contributed by atoms with van der Waals surface area (Å²) in [5.74, 6) is 2.78. The molecule has 0 amide bonds. The Morgan fingerprint density at radius 3 is 2.95 bits per heavy atom. The van der Waals surface area contributed by atoms with Crippen molar-refractivity contribution in [2.45, 2.75) is 38.8 Å². The van der Waals surface area contributed by atoms with E-state index in [2.05, 4.69) is 35.7 Å². The molecule has 3 atom stereocenters. The van der Waals surface area contributed by atoms with E-state index >= 15 is 0 Å². The van der Waals surface area contributed by atoms with Gasteiger partial charge in [-0.15, -0.1) is 0 Å². The summed E-state index contributed by atoms with van der Waals surface area (Å²) in [7, 11) is 1.85. The average Bonchev–Trinajstić information content (AvgIpc) is 2.84. The van der Waals surface area contributed by atoms with Crippen molar-refractivity contribution >= 4 is 17.7 Å². The van der Waals surface area contributed by atoms with Crippen LogP contribution >= 0.6 is 11.8 Å². The van der Waals surface area contributed by atoms with E-state index in [9.17, 15) is 0 Å². The summed E-state index contributed by atoms with van der Waals surface area (Å²) in [5, 5.41) is 7.00. The predicted molar refractivity (Wildman–Crippen MR) is 82.9 cm³/mol. The number of nitrogens with zero attached hydrogens (tertiary/aromatic N) is 1. The number of rotatable bonds is 5. The minimum absolute atomic E-state index is 0.206. The molecule has 1 saturated heterocycles. The second-order valence-corrected chi connectivity index (χ2v) is 7.02. The normalized spacial score (nSPS) is 32.6. The van der Waals surface area contributed by atoms with Crippen molar-refractivity contribution in [3.05, 3.63) is 0 Å². The highest BCUT2D eigenvalue weighted by molar-refractivity contribution is 7.98. The molecular weight excluding hydrogens is 258 g/mol. The number of fused-ring (bicyclic) bond motifs is 1. The number of hydrogen-bond donors (Lipinski definition) is 2. The largest absolute Gasteiger partial charge is 0.377 e. The van der Waals surface area contributed by atoms with Crippen molar-refractivity contribution in [3.63, 3.8) is 0 Å². The third kappa shape index (κ3) is 3.02. The zero-order chi connectivity index (χ0) is 13.9. The Balaban J connectivity index is 1.82. The van der Waals surface area contributed by atoms with Crippen LogP contribution in [-0.4, -0.2) is 50.3 Å². The Kier molecular flexibility index (Phi) is 5.01. The maximum absolute atomic E-state index is 5.82. The quantitative estimate of drug-likeness (QED) is 0.459. The fraction of sp³-hybridized carbons (Fsp3) is 0.929. The SMILES string of the molecule is CN=C(NCCCSC)NC1C2CCOC2C1(C)C. The van der Waals surface area contributed by atoms with Crippen molar-refractivity contribution in [1.29, 1.82) is 0 Å². The fourth-order valence-corrected chi connectivity index (χ4v) is 3.82. The molecule has 4 nitrogen and oxygen atoms in total. The Morgan fingerprint density at radius 1 is 1.47 bits per heavy atom. The number of guanidine groups is 1. The first-order valence-corrected chi connectivity index (χ1v) is 8.58. The van der Waals surface area contributed by atoms with Crippen LogP contribution in [0, 0.1) is 11.3 Å². The van der Waals surface area contributed by atoms with E-state index in [1.807, 2.05) is 18.8 Å². The smallest absolute Gasteiger partial charge is 0.191 e. The lowest BCUT2D eigenvalue weighted by Gasteiger charge is -2.54. The Hall–Kier alpha value is -0.420. The molecule has 3 unspecified atom stereocenters. The Bertz CT molecular complexity index is 333. The van der Waals surface area contributed by atoms with Crippen LogP contribution in [0.15, 0.2) is 4.99 Å². The molecule has 1 aliphatic heterocycles. The van der Waals surface area contributed by atoms with Gasteiger partial charge >= 0.3 is 0 Å². The standard InChI is InChI=1S/C14H27N3OS/c1-14(2)11(10-6-8-18-12(10)14)17-13(15-3)16-7-5-9-19-4/h10-12H,5-9H2,1-4H3,(H2,15,16,17). The number of thioether (sulfide) groups is 1. The number of ether oxygens (including phenoxy) is 1. The summed E-state index contributed by atoms with van der Waals surface area (Å²) in [6.07, 6.45) is 4.92. The van der Waals surface area contributed by atoms with Crippen LogP contribution in [0.3, 0.4) is 0 Å². The molecule has 0 radical (unpaired) electrons. The van der Waals surface area contributed by atoms with E-state index in [0.29, 0.717) is 18.1 Å². The van der Waals surface area contributed by atoms with Crippen molar-refractivity contribution in [1.82, 2.24) is 10.6 Å². The van der Waals surface area contributed by atoms with E-state index in [1.165, 1.54) is 18.6 Å². The van der Waals surface area contributed by atoms with Crippen molar-refractivity contribution < 1.29 is 4.74 Å². The molecule has 1 saturated carbocycles. The van der Waals surface area contributed by atoms with E-state index in [1.54, 1.807) is 0 Å². The summed E-state index contributed by atoms with van der Waals surface area (Å²) in [6.45, 7) is 6.48. The average molecular weight is 285 g/mol. The van der Waals surface area contributed by atoms with Gasteiger partial charge in [0.25, 0.3) is 0 Å². The lowest BCUT2D eigenvalue weighted by Crippen LogP contribution is -2.67. The third-order valence-electron chi connectivity index (χ3n) is 4.43. The highest BCUT2D eigenvalue weighted by Gasteiger charge is 2.59. The maximum Gasteiger partial charge on any atom is 0.191 e. The molecule has 2 rings (SSSR count). The summed E-state index contributed by atoms with van der Waals surface area (Å²) in [6, 6.07) is 0.478. The van der Waals surface area contributed by atoms with Crippen molar-refractivity contribution in [2.24, 2.45) is 16.3 Å². The zero-order valence-corrected chi connectivity index (χ0v) is 13.3. The van der Waals surface area contributed by atoms with Crippen molar-refractivity contribution in [2.75, 3.05) is 32.2 Å². The predicted octanol–water partition coefficient (Wildman–Crippen LogP) is 1.72. The van der Waals surface area contributed by atoms with Crippen LogP contribution in [-0.2, 0) is 4.74 Å². The van der Waals surface area contributed by atoms with Gasteiger partial charge in [0.2, 0.25) is 0 Å². The molecule has 5 heteroatoms. The monoisotopic (exact) mass is 285 g/mol. The summed E-state index contributed by atoms with van der Waals surface area (Å²) in [5.41, 5.74) is 0.206. The maximum atomic E-state index is 5.82. The second-order valence-electron chi connectivity index (χ2n) is 6.03. The van der Waals surface area contributed by atoms with Gasteiger partial charge in [-0.2, -0.15) is 11.8 Å². The molecule has 1 heterocycles. The first kappa shape index (κ1) is 15.0. The van der Waals surface area contributed by atoms with E-state index in [4.69, 9.17) is 4.74 Å². The summed E-state index contributed by atoms with van der Waals surface area (Å²) < 4.78 is 5.82. The third-order valence-corrected chi connectivity index (χ3v) is 5.13. The van der Waals surface area contributed by atoms with Gasteiger partial charge in [-0.25, -0.2) is 0 Å². The molecule has 0 bridgehead atoms. The van der Waals surface area contributed by atoms with E-state index in [0.717, 1.165) is 19.1 Å². The van der Waals surface area contributed by atoms with Gasteiger partial charge in [-0.05, 0) is 24.9 Å². The topological polar surface area (TPSA) is 45.7 Å². The zero-order valence-electron chi connectivity index (χ0n) is 12.5. The minimum atomic E-state index is 0.206. The van der Waals surface area contributed by atoms with Crippen LogP contribution in [0.25, 0.3) is 0 Å². The van der Waals surface area contributed by atoms with Gasteiger partial charge in [-0.1, -0.05) is 13.8 Å². The molecule has 0 aromatic carbocycles. The molecule has 0 aromatic rings. The lowest BCUT2D eigenvalue weighted by atomic mass is 9.57. The molecular formula is C14H27N3OS. The first-order valence-electron chi connectivity index (χ1n) is 7.19. The second kappa shape index (κ2) is 6.35. The summed E-state index contributed by atoms with van der Waals surface area (Å²) >= 11 is 1.89. The van der Waals surface area contributed by atoms with E-state index < -0.39 is 0 Å². The molecule has 1 aliphatic carbocycles. The molecule has 2 aliphatic rings. The molecule has 2 N–H and O–H groups in total. The highest BCUT2D eigenvalue weighted by atomic mass is 32.2. The minimum Gasteiger partial charge on any atom is -0.377 e. The van der Waals surface area contributed by atoms with Crippen LogP contribution in [0.1, 0.15) is 26.7 Å². The molecule has 0 spiro atoms. The Labute approximate surface area is 121 Å². The molecule has 0 aromatic heterocycles. The Morgan fingerprint density at radius 2 is 2.26 bits per heavy atom. The first-order chi connectivity index (χ1) is 9.11. The molecule has 2 fully saturated rings. The van der Waals surface area contributed by atoms with Gasteiger partial charge < -0.3 is 15.4 Å². The van der Waals surface area contributed by atoms with Gasteiger partial charge in [0.05, 0.1) is 6.10 Å².